The second-order valence-corrected chi connectivity index (χ2v) is 4.13. The highest BCUT2D eigenvalue weighted by molar-refractivity contribution is 14.1. The summed E-state index contributed by atoms with van der Waals surface area (Å²) < 4.78 is 0.911. The van der Waals surface area contributed by atoms with Gasteiger partial charge in [-0.1, -0.05) is 11.6 Å². The van der Waals surface area contributed by atoms with Crippen LogP contribution >= 0.6 is 34.2 Å². The smallest absolute Gasteiger partial charge is 0.325 e. The van der Waals surface area contributed by atoms with Gasteiger partial charge in [0.1, 0.15) is 6.04 Å². The van der Waals surface area contributed by atoms with E-state index in [0.29, 0.717) is 10.6 Å². The number of carboxylic acids is 1. The normalized spacial score (nSPS) is 12.5. The van der Waals surface area contributed by atoms with Gasteiger partial charge < -0.3 is 10.8 Å². The molecule has 0 heterocycles. The summed E-state index contributed by atoms with van der Waals surface area (Å²) >= 11 is 7.86. The summed E-state index contributed by atoms with van der Waals surface area (Å²) in [6.45, 7) is 0. The molecule has 0 bridgehead atoms. The van der Waals surface area contributed by atoms with E-state index >= 15 is 0 Å². The maximum Gasteiger partial charge on any atom is 0.325 e. The van der Waals surface area contributed by atoms with Crippen molar-refractivity contribution in [1.29, 1.82) is 0 Å². The molecule has 3 N–H and O–H groups in total. The molecule has 0 unspecified atom stereocenters. The highest BCUT2D eigenvalue weighted by atomic mass is 127. The van der Waals surface area contributed by atoms with E-state index in [1.807, 2.05) is 0 Å². The molecule has 0 aromatic heterocycles. The van der Waals surface area contributed by atoms with Crippen LogP contribution in [0.4, 0.5) is 0 Å². The van der Waals surface area contributed by atoms with E-state index in [-0.39, 0.29) is 0 Å². The minimum absolute atomic E-state index is 0.385. The zero-order valence-electron chi connectivity index (χ0n) is 6.50. The average Bonchev–Trinajstić information content (AvgIpc) is 2.08. The fourth-order valence-corrected chi connectivity index (χ4v) is 1.64. The van der Waals surface area contributed by atoms with E-state index in [2.05, 4.69) is 22.6 Å². The number of carbonyl (C=O) groups is 1. The van der Waals surface area contributed by atoms with Gasteiger partial charge in [-0.15, -0.1) is 0 Å². The van der Waals surface area contributed by atoms with Crippen molar-refractivity contribution in [3.8, 4) is 0 Å². The first-order chi connectivity index (χ1) is 6.02. The van der Waals surface area contributed by atoms with Gasteiger partial charge in [-0.25, -0.2) is 0 Å². The second kappa shape index (κ2) is 4.26. The van der Waals surface area contributed by atoms with Crippen LogP contribution in [0.2, 0.25) is 5.02 Å². The van der Waals surface area contributed by atoms with Crippen LogP contribution in [0.1, 0.15) is 11.6 Å². The maximum atomic E-state index is 10.6. The van der Waals surface area contributed by atoms with E-state index in [4.69, 9.17) is 22.4 Å². The highest BCUT2D eigenvalue weighted by Crippen LogP contribution is 2.23. The lowest BCUT2D eigenvalue weighted by Gasteiger charge is -2.08. The van der Waals surface area contributed by atoms with Crippen LogP contribution < -0.4 is 5.73 Å². The van der Waals surface area contributed by atoms with Crippen LogP contribution in [0.15, 0.2) is 18.2 Å². The van der Waals surface area contributed by atoms with Gasteiger partial charge in [0.05, 0.1) is 0 Å². The molecule has 0 radical (unpaired) electrons. The molecule has 1 aromatic carbocycles. The Morgan fingerprint density at radius 3 is 2.77 bits per heavy atom. The second-order valence-electron chi connectivity index (χ2n) is 2.48. The molecular formula is C8H7ClINO2. The Labute approximate surface area is 94.0 Å². The SMILES string of the molecule is N[C@H](C(=O)O)c1cc(I)ccc1Cl. The molecule has 0 saturated carbocycles. The molecule has 5 heteroatoms. The molecule has 1 aromatic rings. The average molecular weight is 312 g/mol. The van der Waals surface area contributed by atoms with Gasteiger partial charge in [-0.05, 0) is 46.4 Å². The highest BCUT2D eigenvalue weighted by Gasteiger charge is 2.17. The molecule has 1 rings (SSSR count). The number of halogens is 2. The number of hydrogen-bond donors (Lipinski definition) is 2. The van der Waals surface area contributed by atoms with Crippen molar-refractivity contribution in [2.75, 3.05) is 0 Å². The number of hydrogen-bond acceptors (Lipinski definition) is 2. The predicted octanol–water partition coefficient (Wildman–Crippen LogP) is 2.03. The van der Waals surface area contributed by atoms with Crippen molar-refractivity contribution in [2.24, 2.45) is 5.73 Å². The number of rotatable bonds is 2. The summed E-state index contributed by atoms with van der Waals surface area (Å²) in [6, 6.07) is 4.05. The largest absolute Gasteiger partial charge is 0.480 e. The Kier molecular flexibility index (Phi) is 3.52. The van der Waals surface area contributed by atoms with E-state index in [0.717, 1.165) is 3.57 Å². The Morgan fingerprint density at radius 1 is 1.62 bits per heavy atom. The van der Waals surface area contributed by atoms with Crippen LogP contribution in [-0.2, 0) is 4.79 Å². The van der Waals surface area contributed by atoms with Crippen LogP contribution in [-0.4, -0.2) is 11.1 Å². The molecule has 0 amide bonds. The molecule has 1 atom stereocenters. The Bertz CT molecular complexity index is 343. The van der Waals surface area contributed by atoms with Crippen molar-refractivity contribution < 1.29 is 9.90 Å². The Morgan fingerprint density at radius 2 is 2.23 bits per heavy atom. The van der Waals surface area contributed by atoms with Crippen LogP contribution in [0.3, 0.4) is 0 Å². The van der Waals surface area contributed by atoms with Crippen LogP contribution in [0.5, 0.6) is 0 Å². The Balaban J connectivity index is 3.12. The van der Waals surface area contributed by atoms with Crippen molar-refractivity contribution in [2.45, 2.75) is 6.04 Å². The maximum absolute atomic E-state index is 10.6. The standard InChI is InChI=1S/C8H7ClINO2/c9-6-2-1-4(10)3-5(6)7(11)8(12)13/h1-3,7H,11H2,(H,12,13)/t7-/m0/s1. The summed E-state index contributed by atoms with van der Waals surface area (Å²) in [4.78, 5) is 10.6. The van der Waals surface area contributed by atoms with E-state index in [9.17, 15) is 4.79 Å². The zero-order valence-corrected chi connectivity index (χ0v) is 9.41. The molecule has 0 saturated heterocycles. The minimum atomic E-state index is -1.08. The van der Waals surface area contributed by atoms with E-state index < -0.39 is 12.0 Å². The molecular weight excluding hydrogens is 304 g/mol. The first-order valence-corrected chi connectivity index (χ1v) is 4.91. The van der Waals surface area contributed by atoms with Crippen molar-refractivity contribution in [3.05, 3.63) is 32.4 Å². The van der Waals surface area contributed by atoms with Gasteiger partial charge in [0, 0.05) is 8.59 Å². The third-order valence-electron chi connectivity index (χ3n) is 1.56. The first kappa shape index (κ1) is 10.7. The third-order valence-corrected chi connectivity index (χ3v) is 2.57. The molecule has 0 aliphatic rings. The monoisotopic (exact) mass is 311 g/mol. The topological polar surface area (TPSA) is 63.3 Å². The minimum Gasteiger partial charge on any atom is -0.480 e. The van der Waals surface area contributed by atoms with Crippen LogP contribution in [0.25, 0.3) is 0 Å². The third kappa shape index (κ3) is 2.55. The lowest BCUT2D eigenvalue weighted by Crippen LogP contribution is -2.21. The van der Waals surface area contributed by atoms with Gasteiger partial charge in [0.25, 0.3) is 0 Å². The summed E-state index contributed by atoms with van der Waals surface area (Å²) in [5, 5.41) is 9.05. The van der Waals surface area contributed by atoms with Gasteiger partial charge in [0.2, 0.25) is 0 Å². The quantitative estimate of drug-likeness (QED) is 0.822. The molecule has 3 nitrogen and oxygen atoms in total. The molecule has 70 valence electrons. The summed E-state index contributed by atoms with van der Waals surface area (Å²) in [7, 11) is 0. The van der Waals surface area contributed by atoms with Crippen molar-refractivity contribution in [3.63, 3.8) is 0 Å². The summed E-state index contributed by atoms with van der Waals surface area (Å²) in [5.41, 5.74) is 5.87. The first-order valence-electron chi connectivity index (χ1n) is 3.45. The Hall–Kier alpha value is -0.330. The number of benzene rings is 1. The number of nitrogens with two attached hydrogens (primary N) is 1. The molecule has 0 fully saturated rings. The number of carboxylic acid groups (broad SMARTS) is 1. The summed E-state index contributed by atoms with van der Waals surface area (Å²) in [5.74, 6) is -1.08. The van der Waals surface area contributed by atoms with Crippen molar-refractivity contribution >= 4 is 40.2 Å². The molecule has 13 heavy (non-hydrogen) atoms. The summed E-state index contributed by atoms with van der Waals surface area (Å²) in [6.07, 6.45) is 0. The van der Waals surface area contributed by atoms with Crippen LogP contribution in [0, 0.1) is 3.57 Å². The van der Waals surface area contributed by atoms with Gasteiger partial charge in [0.15, 0.2) is 0 Å². The van der Waals surface area contributed by atoms with Gasteiger partial charge >= 0.3 is 5.97 Å². The molecule has 0 aliphatic heterocycles. The fourth-order valence-electron chi connectivity index (χ4n) is 0.886. The predicted molar refractivity (Wildman–Crippen MR) is 58.7 cm³/mol. The lowest BCUT2D eigenvalue weighted by atomic mass is 10.1. The van der Waals surface area contributed by atoms with Gasteiger partial charge in [-0.2, -0.15) is 0 Å². The van der Waals surface area contributed by atoms with Crippen molar-refractivity contribution in [1.82, 2.24) is 0 Å². The lowest BCUT2D eigenvalue weighted by molar-refractivity contribution is -0.138. The van der Waals surface area contributed by atoms with E-state index in [1.54, 1.807) is 18.2 Å². The number of aliphatic carboxylic acids is 1. The van der Waals surface area contributed by atoms with E-state index in [1.165, 1.54) is 0 Å². The molecule has 0 spiro atoms. The molecule has 0 aliphatic carbocycles. The fraction of sp³-hybridized carbons (Fsp3) is 0.125. The zero-order chi connectivity index (χ0) is 10.0. The van der Waals surface area contributed by atoms with Gasteiger partial charge in [-0.3, -0.25) is 4.79 Å².